The van der Waals surface area contributed by atoms with E-state index in [1.54, 1.807) is 0 Å². The van der Waals surface area contributed by atoms with Crippen LogP contribution in [0.3, 0.4) is 0 Å². The fourth-order valence-corrected chi connectivity index (χ4v) is 3.86. The Morgan fingerprint density at radius 2 is 0.350 bits per heavy atom. The molecule has 0 spiro atoms. The minimum absolute atomic E-state index is 0. The van der Waals surface area contributed by atoms with Crippen molar-refractivity contribution in [2.24, 2.45) is 0 Å². The minimum atomic E-state index is 0. The van der Waals surface area contributed by atoms with E-state index in [1.807, 2.05) is 234 Å². The Morgan fingerprint density at radius 1 is 0.233 bits per heavy atom. The maximum Gasteiger partial charge on any atom is 2.00 e. The zero-order valence-electron chi connectivity index (χ0n) is 41.4. The second-order valence-electron chi connectivity index (χ2n) is 8.86. The van der Waals surface area contributed by atoms with Gasteiger partial charge in [-0.15, -0.1) is 0 Å². The summed E-state index contributed by atoms with van der Waals surface area (Å²) >= 11 is 0. The smallest absolute Gasteiger partial charge is 0.180 e. The van der Waals surface area contributed by atoms with Crippen LogP contribution in [0.4, 0.5) is 0 Å². The number of hydrogen-bond donors (Lipinski definition) is 0. The maximum absolute atomic E-state index is 3.20. The number of hydrogen-bond acceptors (Lipinski definition) is 0. The van der Waals surface area contributed by atoms with Crippen LogP contribution in [0.15, 0.2) is 146 Å². The van der Waals surface area contributed by atoms with Gasteiger partial charge < -0.3 is 0 Å². The molecule has 0 aromatic heterocycles. The van der Waals surface area contributed by atoms with Crippen molar-refractivity contribution in [1.29, 1.82) is 0 Å². The van der Waals surface area contributed by atoms with Crippen molar-refractivity contribution >= 4 is 0 Å². The minimum Gasteiger partial charge on any atom is -0.180 e. The quantitative estimate of drug-likeness (QED) is 0.146. The van der Waals surface area contributed by atoms with Gasteiger partial charge in [-0.25, -0.2) is 0 Å². The molecule has 329 valence electrons. The average molecular weight is 1230 g/mol. The molecule has 0 saturated heterocycles. The van der Waals surface area contributed by atoms with Crippen LogP contribution in [0.2, 0.25) is 0 Å². The van der Waals surface area contributed by atoms with Crippen LogP contribution >= 0.6 is 0 Å². The van der Waals surface area contributed by atoms with Crippen molar-refractivity contribution in [2.45, 2.75) is 144 Å². The summed E-state index contributed by atoms with van der Waals surface area (Å²) in [6, 6.07) is 67.5. The van der Waals surface area contributed by atoms with Crippen molar-refractivity contribution in [2.75, 3.05) is 0 Å². The molecule has 0 heterocycles. The predicted molar refractivity (Wildman–Crippen MR) is 262 cm³/mol. The largest absolute Gasteiger partial charge is 2.00 e. The van der Waals surface area contributed by atoms with E-state index < -0.39 is 0 Å². The molecule has 6 rings (SSSR count). The Bertz CT molecular complexity index is 1140. The summed E-state index contributed by atoms with van der Waals surface area (Å²) in [5.41, 5.74) is 7.28. The first-order chi connectivity index (χ1) is 28.3. The first-order valence-electron chi connectivity index (χ1n) is 22.1. The zero-order valence-corrected chi connectivity index (χ0v) is 50.1. The van der Waals surface area contributed by atoms with E-state index in [-0.39, 0.29) is 74.8 Å². The molecule has 0 bridgehead atoms. The van der Waals surface area contributed by atoms with Gasteiger partial charge in [0, 0.05) is 32.7 Å². The van der Waals surface area contributed by atoms with Crippen molar-refractivity contribution in [3.63, 3.8) is 0 Å². The SMILES string of the molecule is CC.CC.CC.CC.CC.CC.CC.CC.CC.[W+2].[W+2].[Y].[c-]1ccccc1Cc1[c-]cccc1.[c-]1ccccc1Cc1[c-]cccc1.[c-]1ccccc1Cc1[c-]cccc1. The summed E-state index contributed by atoms with van der Waals surface area (Å²) in [6.45, 7) is 36.0. The standard InChI is InChI=1S/3C13H10.9C2H6.2W.Y/c3*1-3-7-12(8-4-1)11-13-9-5-2-6-10-13;9*1-2;;;/h3*1-7,9H,11H2;9*1-2H3;;;/q3*-2;;;;;;;;;;2*+2;. The molecule has 1 radical (unpaired) electrons. The second kappa shape index (κ2) is 74.3. The summed E-state index contributed by atoms with van der Waals surface area (Å²) in [5.74, 6) is 0. The molecule has 60 heavy (non-hydrogen) atoms. The van der Waals surface area contributed by atoms with Crippen LogP contribution in [0.1, 0.15) is 158 Å². The first kappa shape index (κ1) is 78.3. The zero-order chi connectivity index (χ0) is 44.8. The van der Waals surface area contributed by atoms with Crippen LogP contribution in [0.5, 0.6) is 0 Å². The molecule has 0 aliphatic heterocycles. The fraction of sp³-hybridized carbons (Fsp3) is 0.368. The van der Waals surface area contributed by atoms with E-state index in [2.05, 4.69) is 72.8 Å². The molecule has 0 saturated carbocycles. The second-order valence-corrected chi connectivity index (χ2v) is 8.86. The molecular weight excluding hydrogens is 1140 g/mol. The Morgan fingerprint density at radius 3 is 0.433 bits per heavy atom. The molecular formula is C57H84W2Y-2. The molecule has 0 atom stereocenters. The summed E-state index contributed by atoms with van der Waals surface area (Å²) in [6.07, 6.45) is 2.76. The van der Waals surface area contributed by atoms with Gasteiger partial charge in [0.05, 0.1) is 0 Å². The normalized spacial score (nSPS) is 7.30. The number of benzene rings is 6. The fourth-order valence-electron chi connectivity index (χ4n) is 3.86. The Kier molecular flexibility index (Phi) is 96.9. The van der Waals surface area contributed by atoms with Crippen LogP contribution in [-0.4, -0.2) is 0 Å². The Balaban J connectivity index is -0.0000000764. The average Bonchev–Trinajstić information content (AvgIpc) is 3.35. The van der Waals surface area contributed by atoms with E-state index in [9.17, 15) is 0 Å². The third-order valence-electron chi connectivity index (χ3n) is 5.78. The monoisotopic (exact) mass is 1230 g/mol. The molecule has 6 aromatic rings. The topological polar surface area (TPSA) is 0 Å². The maximum atomic E-state index is 3.20. The van der Waals surface area contributed by atoms with Crippen LogP contribution in [-0.2, 0) is 94.1 Å². The van der Waals surface area contributed by atoms with Gasteiger partial charge in [0.25, 0.3) is 0 Å². The molecule has 0 nitrogen and oxygen atoms in total. The molecule has 6 aromatic carbocycles. The van der Waals surface area contributed by atoms with Crippen LogP contribution < -0.4 is 0 Å². The van der Waals surface area contributed by atoms with Gasteiger partial charge in [0.1, 0.15) is 0 Å². The van der Waals surface area contributed by atoms with Crippen molar-refractivity contribution in [3.8, 4) is 0 Å². The molecule has 0 aliphatic rings. The molecule has 0 N–H and O–H groups in total. The van der Waals surface area contributed by atoms with Crippen molar-refractivity contribution in [3.05, 3.63) is 215 Å². The van der Waals surface area contributed by atoms with E-state index in [4.69, 9.17) is 0 Å². The van der Waals surface area contributed by atoms with Gasteiger partial charge in [-0.05, 0) is 19.3 Å². The third kappa shape index (κ3) is 50.2. The van der Waals surface area contributed by atoms with E-state index in [0.29, 0.717) is 0 Å². The molecule has 0 fully saturated rings. The van der Waals surface area contributed by atoms with Crippen molar-refractivity contribution < 1.29 is 74.8 Å². The molecule has 0 aliphatic carbocycles. The van der Waals surface area contributed by atoms with Gasteiger partial charge in [-0.1, -0.05) is 125 Å². The Labute approximate surface area is 430 Å². The van der Waals surface area contributed by atoms with E-state index >= 15 is 0 Å². The van der Waals surface area contributed by atoms with Gasteiger partial charge in [0.15, 0.2) is 0 Å². The number of rotatable bonds is 6. The van der Waals surface area contributed by atoms with Gasteiger partial charge in [-0.2, -0.15) is 215 Å². The van der Waals surface area contributed by atoms with Gasteiger partial charge in [-0.3, -0.25) is 0 Å². The summed E-state index contributed by atoms with van der Waals surface area (Å²) in [7, 11) is 0. The van der Waals surface area contributed by atoms with E-state index in [0.717, 1.165) is 19.3 Å². The predicted octanol–water partition coefficient (Wildman–Crippen LogP) is 17.9. The summed E-state index contributed by atoms with van der Waals surface area (Å²) in [5, 5.41) is 0. The Hall–Kier alpha value is -2.20. The van der Waals surface area contributed by atoms with Crippen LogP contribution in [0, 0.1) is 36.4 Å². The molecule has 0 amide bonds. The molecule has 3 heteroatoms. The summed E-state index contributed by atoms with van der Waals surface area (Å²) < 4.78 is 0. The van der Waals surface area contributed by atoms with E-state index in [1.165, 1.54) is 33.4 Å². The van der Waals surface area contributed by atoms with Gasteiger partial charge >= 0.3 is 42.1 Å². The third-order valence-corrected chi connectivity index (χ3v) is 5.78. The van der Waals surface area contributed by atoms with Crippen molar-refractivity contribution in [1.82, 2.24) is 0 Å². The molecule has 0 unspecified atom stereocenters. The van der Waals surface area contributed by atoms with Gasteiger partial charge in [0.2, 0.25) is 0 Å². The van der Waals surface area contributed by atoms with Crippen LogP contribution in [0.25, 0.3) is 0 Å². The first-order valence-corrected chi connectivity index (χ1v) is 22.1. The summed E-state index contributed by atoms with van der Waals surface area (Å²) in [4.78, 5) is 0.